The highest BCUT2D eigenvalue weighted by Crippen LogP contribution is 2.29. The van der Waals surface area contributed by atoms with Crippen molar-refractivity contribution in [1.29, 1.82) is 0 Å². The lowest BCUT2D eigenvalue weighted by Gasteiger charge is -2.09. The molecule has 1 N–H and O–H groups in total. The third kappa shape index (κ3) is 5.20. The number of aromatic nitrogens is 1. The van der Waals surface area contributed by atoms with Crippen LogP contribution in [-0.4, -0.2) is 24.6 Å². The number of ether oxygens (including phenoxy) is 2. The van der Waals surface area contributed by atoms with Crippen LogP contribution in [0.25, 0.3) is 10.2 Å². The maximum absolute atomic E-state index is 12.1. The van der Waals surface area contributed by atoms with Gasteiger partial charge in [0, 0.05) is 6.42 Å². The molecule has 0 aliphatic rings. The summed E-state index contributed by atoms with van der Waals surface area (Å²) in [5, 5.41) is 3.46. The molecule has 0 fully saturated rings. The predicted molar refractivity (Wildman–Crippen MR) is 113 cm³/mol. The van der Waals surface area contributed by atoms with Gasteiger partial charge in [0.05, 0.1) is 28.4 Å². The van der Waals surface area contributed by atoms with Crippen LogP contribution in [0, 0.1) is 0 Å². The highest BCUT2D eigenvalue weighted by atomic mass is 79.9. The Morgan fingerprint density at radius 2 is 2.11 bits per heavy atom. The molecule has 0 saturated carbocycles. The first kappa shape index (κ1) is 19.6. The first-order chi connectivity index (χ1) is 13.1. The van der Waals surface area contributed by atoms with Gasteiger partial charge in [0.1, 0.15) is 11.5 Å². The van der Waals surface area contributed by atoms with Crippen molar-refractivity contribution in [3.8, 4) is 11.5 Å². The fourth-order valence-electron chi connectivity index (χ4n) is 2.56. The number of aryl methyl sites for hydroxylation is 1. The molecule has 27 heavy (non-hydrogen) atoms. The summed E-state index contributed by atoms with van der Waals surface area (Å²) in [6.45, 7) is 2.59. The second-order valence-electron chi connectivity index (χ2n) is 5.97. The zero-order chi connectivity index (χ0) is 19.2. The van der Waals surface area contributed by atoms with Crippen molar-refractivity contribution in [3.63, 3.8) is 0 Å². The molecular weight excluding hydrogens is 428 g/mol. The number of rotatable bonds is 8. The summed E-state index contributed by atoms with van der Waals surface area (Å²) >= 11 is 4.96. The van der Waals surface area contributed by atoms with Gasteiger partial charge in [-0.25, -0.2) is 4.98 Å². The van der Waals surface area contributed by atoms with Crippen molar-refractivity contribution in [2.45, 2.75) is 26.2 Å². The van der Waals surface area contributed by atoms with E-state index in [1.54, 1.807) is 7.11 Å². The van der Waals surface area contributed by atoms with Gasteiger partial charge in [-0.3, -0.25) is 4.79 Å². The van der Waals surface area contributed by atoms with Crippen LogP contribution in [-0.2, 0) is 11.2 Å². The molecular formula is C20H21BrN2O3S. The molecule has 5 nitrogen and oxygen atoms in total. The molecule has 0 spiro atoms. The fraction of sp³-hybridized carbons (Fsp3) is 0.300. The number of benzene rings is 2. The molecule has 0 saturated heterocycles. The number of carbonyl (C=O) groups is 1. The Labute approximate surface area is 170 Å². The van der Waals surface area contributed by atoms with Crippen molar-refractivity contribution in [3.05, 3.63) is 46.4 Å². The average molecular weight is 449 g/mol. The minimum absolute atomic E-state index is 0.0648. The third-order valence-electron chi connectivity index (χ3n) is 4.05. The number of amides is 1. The van der Waals surface area contributed by atoms with Gasteiger partial charge in [-0.15, -0.1) is 0 Å². The van der Waals surface area contributed by atoms with E-state index < -0.39 is 0 Å². The maximum Gasteiger partial charge on any atom is 0.226 e. The number of methoxy groups -OCH3 is 1. The Kier molecular flexibility index (Phi) is 6.68. The topological polar surface area (TPSA) is 60.5 Å². The zero-order valence-corrected chi connectivity index (χ0v) is 17.7. The fourth-order valence-corrected chi connectivity index (χ4v) is 4.01. The second kappa shape index (κ2) is 9.19. The lowest BCUT2D eigenvalue weighted by Crippen LogP contribution is -2.12. The maximum atomic E-state index is 12.1. The number of thiazole rings is 1. The SMILES string of the molecule is CCc1ccc(OCCCC(=O)Nc2nc3ccc(OC)cc3s2)c(Br)c1. The highest BCUT2D eigenvalue weighted by Gasteiger charge is 2.09. The van der Waals surface area contributed by atoms with E-state index in [1.807, 2.05) is 24.3 Å². The van der Waals surface area contributed by atoms with E-state index in [0.29, 0.717) is 24.6 Å². The molecule has 1 aromatic heterocycles. The first-order valence-electron chi connectivity index (χ1n) is 8.74. The molecule has 0 aliphatic carbocycles. The molecule has 2 aromatic carbocycles. The molecule has 7 heteroatoms. The van der Waals surface area contributed by atoms with Crippen molar-refractivity contribution >= 4 is 48.5 Å². The summed E-state index contributed by atoms with van der Waals surface area (Å²) in [6, 6.07) is 11.7. The number of nitrogens with one attached hydrogen (secondary N) is 1. The lowest BCUT2D eigenvalue weighted by atomic mass is 10.2. The number of anilines is 1. The quantitative estimate of drug-likeness (QED) is 0.466. The number of hydrogen-bond donors (Lipinski definition) is 1. The largest absolute Gasteiger partial charge is 0.497 e. The van der Waals surface area contributed by atoms with E-state index in [4.69, 9.17) is 9.47 Å². The van der Waals surface area contributed by atoms with Gasteiger partial charge in [-0.1, -0.05) is 24.3 Å². The summed E-state index contributed by atoms with van der Waals surface area (Å²) < 4.78 is 12.9. The van der Waals surface area contributed by atoms with Gasteiger partial charge >= 0.3 is 0 Å². The molecule has 142 valence electrons. The molecule has 0 bridgehead atoms. The summed E-state index contributed by atoms with van der Waals surface area (Å²) in [7, 11) is 1.63. The Morgan fingerprint density at radius 1 is 1.26 bits per heavy atom. The molecule has 0 aliphatic heterocycles. The summed E-state index contributed by atoms with van der Waals surface area (Å²) in [5.41, 5.74) is 2.10. The molecule has 0 atom stereocenters. The minimum Gasteiger partial charge on any atom is -0.497 e. The zero-order valence-electron chi connectivity index (χ0n) is 15.3. The standard InChI is InChI=1S/C20H21BrN2O3S/c1-3-13-6-9-17(15(21)11-13)26-10-4-5-19(24)23-20-22-16-8-7-14(25-2)12-18(16)27-20/h6-9,11-12H,3-5,10H2,1-2H3,(H,22,23,24). The minimum atomic E-state index is -0.0648. The van der Waals surface area contributed by atoms with E-state index in [9.17, 15) is 4.79 Å². The normalized spacial score (nSPS) is 10.8. The predicted octanol–water partition coefficient (Wildman–Crippen LogP) is 5.43. The van der Waals surface area contributed by atoms with Gasteiger partial charge < -0.3 is 14.8 Å². The van der Waals surface area contributed by atoms with Crippen LogP contribution in [0.1, 0.15) is 25.3 Å². The van der Waals surface area contributed by atoms with Gasteiger partial charge in [0.2, 0.25) is 5.91 Å². The van der Waals surface area contributed by atoms with Crippen molar-refractivity contribution in [1.82, 2.24) is 4.98 Å². The van der Waals surface area contributed by atoms with Crippen LogP contribution < -0.4 is 14.8 Å². The number of halogens is 1. The number of hydrogen-bond acceptors (Lipinski definition) is 5. The van der Waals surface area contributed by atoms with E-state index in [-0.39, 0.29) is 5.91 Å². The Balaban J connectivity index is 1.47. The molecule has 0 radical (unpaired) electrons. The van der Waals surface area contributed by atoms with Crippen LogP contribution in [0.5, 0.6) is 11.5 Å². The van der Waals surface area contributed by atoms with Crippen LogP contribution in [0.15, 0.2) is 40.9 Å². The highest BCUT2D eigenvalue weighted by molar-refractivity contribution is 9.10. The van der Waals surface area contributed by atoms with Gasteiger partial charge in [-0.2, -0.15) is 0 Å². The molecule has 3 aromatic rings. The van der Waals surface area contributed by atoms with E-state index in [0.717, 1.165) is 32.6 Å². The Hall–Kier alpha value is -2.12. The van der Waals surface area contributed by atoms with Crippen LogP contribution in [0.4, 0.5) is 5.13 Å². The van der Waals surface area contributed by atoms with Gasteiger partial charge in [0.15, 0.2) is 5.13 Å². The van der Waals surface area contributed by atoms with E-state index in [1.165, 1.54) is 16.9 Å². The molecule has 1 amide bonds. The van der Waals surface area contributed by atoms with Crippen molar-refractivity contribution < 1.29 is 14.3 Å². The monoisotopic (exact) mass is 448 g/mol. The Morgan fingerprint density at radius 3 is 2.85 bits per heavy atom. The van der Waals surface area contributed by atoms with Gasteiger partial charge in [-0.05, 0) is 64.7 Å². The van der Waals surface area contributed by atoms with E-state index in [2.05, 4.69) is 45.3 Å². The van der Waals surface area contributed by atoms with E-state index >= 15 is 0 Å². The third-order valence-corrected chi connectivity index (χ3v) is 5.61. The van der Waals surface area contributed by atoms with Crippen molar-refractivity contribution in [2.24, 2.45) is 0 Å². The first-order valence-corrected chi connectivity index (χ1v) is 10.4. The summed E-state index contributed by atoms with van der Waals surface area (Å²) in [6.07, 6.45) is 1.99. The molecule has 0 unspecified atom stereocenters. The number of nitrogens with zero attached hydrogens (tertiary/aromatic N) is 1. The van der Waals surface area contributed by atoms with Crippen molar-refractivity contribution in [2.75, 3.05) is 19.0 Å². The smallest absolute Gasteiger partial charge is 0.226 e. The van der Waals surface area contributed by atoms with Crippen LogP contribution >= 0.6 is 27.3 Å². The number of fused-ring (bicyclic) bond motifs is 1. The Bertz CT molecular complexity index is 942. The van der Waals surface area contributed by atoms with Gasteiger partial charge in [0.25, 0.3) is 0 Å². The van der Waals surface area contributed by atoms with Crippen LogP contribution in [0.2, 0.25) is 0 Å². The van der Waals surface area contributed by atoms with Crippen LogP contribution in [0.3, 0.4) is 0 Å². The molecule has 3 rings (SSSR count). The second-order valence-corrected chi connectivity index (χ2v) is 7.86. The summed E-state index contributed by atoms with van der Waals surface area (Å²) in [4.78, 5) is 16.6. The summed E-state index contributed by atoms with van der Waals surface area (Å²) in [5.74, 6) is 1.51. The molecule has 1 heterocycles. The lowest BCUT2D eigenvalue weighted by molar-refractivity contribution is -0.116. The average Bonchev–Trinajstić information content (AvgIpc) is 3.07. The number of carbonyl (C=O) groups excluding carboxylic acids is 1.